The molecule has 0 aliphatic carbocycles. The van der Waals surface area contributed by atoms with Crippen molar-refractivity contribution in [3.05, 3.63) is 47.9 Å². The van der Waals surface area contributed by atoms with Crippen molar-refractivity contribution in [3.63, 3.8) is 0 Å². The van der Waals surface area contributed by atoms with E-state index in [0.717, 1.165) is 11.1 Å². The van der Waals surface area contributed by atoms with Crippen LogP contribution < -0.4 is 10.5 Å². The molecular weight excluding hydrogens is 264 g/mol. The van der Waals surface area contributed by atoms with Gasteiger partial charge >= 0.3 is 0 Å². The fourth-order valence-electron chi connectivity index (χ4n) is 1.49. The average Bonchev–Trinajstić information content (AvgIpc) is 2.38. The third-order valence-corrected chi connectivity index (χ3v) is 4.06. The number of hydrogen-bond donors (Lipinski definition) is 2. The van der Waals surface area contributed by atoms with Crippen molar-refractivity contribution in [3.8, 4) is 0 Å². The molecule has 6 nitrogen and oxygen atoms in total. The zero-order chi connectivity index (χ0) is 13.9. The quantitative estimate of drug-likeness (QED) is 0.863. The van der Waals surface area contributed by atoms with Crippen molar-refractivity contribution in [2.45, 2.75) is 18.4 Å². The molecule has 0 amide bonds. The summed E-state index contributed by atoms with van der Waals surface area (Å²) in [6.07, 6.45) is 4.53. The van der Waals surface area contributed by atoms with Gasteiger partial charge in [-0.15, -0.1) is 0 Å². The van der Waals surface area contributed by atoms with E-state index in [9.17, 15) is 8.42 Å². The molecule has 0 saturated carbocycles. The highest BCUT2D eigenvalue weighted by Crippen LogP contribution is 2.10. The first-order chi connectivity index (χ1) is 8.99. The first-order valence-electron chi connectivity index (χ1n) is 5.60. The van der Waals surface area contributed by atoms with Crippen LogP contribution in [0.3, 0.4) is 0 Å². The molecule has 0 unspecified atom stereocenters. The van der Waals surface area contributed by atoms with Crippen molar-refractivity contribution < 1.29 is 8.42 Å². The Bertz CT molecular complexity index is 668. The lowest BCUT2D eigenvalue weighted by Crippen LogP contribution is -2.23. The average molecular weight is 278 g/mol. The van der Waals surface area contributed by atoms with Gasteiger partial charge in [-0.3, -0.25) is 4.98 Å². The molecule has 19 heavy (non-hydrogen) atoms. The van der Waals surface area contributed by atoms with Crippen molar-refractivity contribution >= 4 is 15.8 Å². The minimum Gasteiger partial charge on any atom is -0.384 e. The topological polar surface area (TPSA) is 98.0 Å². The fraction of sp³-hybridized carbons (Fsp3) is 0.167. The van der Waals surface area contributed by atoms with Crippen LogP contribution in [0.4, 0.5) is 5.82 Å². The summed E-state index contributed by atoms with van der Waals surface area (Å²) in [5.74, 6) is 0.280. The Balaban J connectivity index is 2.14. The number of sulfonamides is 1. The van der Waals surface area contributed by atoms with Crippen LogP contribution in [-0.2, 0) is 16.6 Å². The fourth-order valence-corrected chi connectivity index (χ4v) is 2.44. The second kappa shape index (κ2) is 5.33. The largest absolute Gasteiger partial charge is 0.384 e. The number of hydrogen-bond acceptors (Lipinski definition) is 5. The van der Waals surface area contributed by atoms with E-state index in [4.69, 9.17) is 5.73 Å². The maximum Gasteiger partial charge on any atom is 0.242 e. The number of anilines is 1. The number of nitrogens with zero attached hydrogens (tertiary/aromatic N) is 2. The zero-order valence-corrected chi connectivity index (χ0v) is 11.2. The smallest absolute Gasteiger partial charge is 0.242 e. The van der Waals surface area contributed by atoms with Gasteiger partial charge in [-0.05, 0) is 36.2 Å². The minimum atomic E-state index is -3.59. The van der Waals surface area contributed by atoms with E-state index in [0.29, 0.717) is 0 Å². The van der Waals surface area contributed by atoms with Crippen LogP contribution in [-0.4, -0.2) is 18.4 Å². The van der Waals surface area contributed by atoms with Crippen LogP contribution >= 0.6 is 0 Å². The Kier molecular flexibility index (Phi) is 3.77. The molecule has 0 saturated heterocycles. The molecular formula is C12H14N4O2S. The summed E-state index contributed by atoms with van der Waals surface area (Å²) in [5, 5.41) is 0. The third kappa shape index (κ3) is 3.27. The lowest BCUT2D eigenvalue weighted by molar-refractivity contribution is 0.580. The normalized spacial score (nSPS) is 11.4. The number of aryl methyl sites for hydroxylation is 1. The first kappa shape index (κ1) is 13.4. The summed E-state index contributed by atoms with van der Waals surface area (Å²) < 4.78 is 26.5. The standard InChI is InChI=1S/C12H14N4O2S/c1-9-4-5-14-6-10(9)7-16-19(17,18)11-2-3-12(13)15-8-11/h2-6,8,16H,7H2,1H3,(H2,13,15). The van der Waals surface area contributed by atoms with Gasteiger partial charge in [-0.2, -0.15) is 0 Å². The van der Waals surface area contributed by atoms with E-state index in [1.807, 2.05) is 13.0 Å². The van der Waals surface area contributed by atoms with E-state index in [-0.39, 0.29) is 17.3 Å². The van der Waals surface area contributed by atoms with Crippen molar-refractivity contribution in [2.75, 3.05) is 5.73 Å². The minimum absolute atomic E-state index is 0.0863. The van der Waals surface area contributed by atoms with Crippen LogP contribution in [0, 0.1) is 6.92 Å². The van der Waals surface area contributed by atoms with Gasteiger partial charge in [0, 0.05) is 25.1 Å². The van der Waals surface area contributed by atoms with E-state index < -0.39 is 10.0 Å². The highest BCUT2D eigenvalue weighted by Gasteiger charge is 2.14. The Morgan fingerprint density at radius 1 is 1.26 bits per heavy atom. The first-order valence-corrected chi connectivity index (χ1v) is 7.08. The highest BCUT2D eigenvalue weighted by atomic mass is 32.2. The number of aromatic nitrogens is 2. The summed E-state index contributed by atoms with van der Waals surface area (Å²) >= 11 is 0. The molecule has 0 aliphatic heterocycles. The predicted molar refractivity (Wildman–Crippen MR) is 71.6 cm³/mol. The maximum atomic E-state index is 12.0. The van der Waals surface area contributed by atoms with Gasteiger partial charge in [0.1, 0.15) is 10.7 Å². The summed E-state index contributed by atoms with van der Waals surface area (Å²) in [7, 11) is -3.59. The molecule has 0 aliphatic rings. The monoisotopic (exact) mass is 278 g/mol. The van der Waals surface area contributed by atoms with Crippen LogP contribution in [0.5, 0.6) is 0 Å². The molecule has 0 aromatic carbocycles. The maximum absolute atomic E-state index is 12.0. The van der Waals surface area contributed by atoms with E-state index in [1.54, 1.807) is 12.4 Å². The molecule has 2 aromatic rings. The van der Waals surface area contributed by atoms with Crippen LogP contribution in [0.1, 0.15) is 11.1 Å². The van der Waals surface area contributed by atoms with Gasteiger partial charge in [0.05, 0.1) is 0 Å². The van der Waals surface area contributed by atoms with Gasteiger partial charge < -0.3 is 5.73 Å². The molecule has 0 atom stereocenters. The highest BCUT2D eigenvalue weighted by molar-refractivity contribution is 7.89. The van der Waals surface area contributed by atoms with Gasteiger partial charge in [0.25, 0.3) is 0 Å². The van der Waals surface area contributed by atoms with E-state index >= 15 is 0 Å². The summed E-state index contributed by atoms with van der Waals surface area (Å²) in [6, 6.07) is 4.69. The molecule has 0 fully saturated rings. The number of nitrogens with two attached hydrogens (primary N) is 1. The van der Waals surface area contributed by atoms with Gasteiger partial charge in [-0.1, -0.05) is 0 Å². The molecule has 100 valence electrons. The molecule has 0 spiro atoms. The molecule has 2 rings (SSSR count). The van der Waals surface area contributed by atoms with Crippen molar-refractivity contribution in [1.82, 2.24) is 14.7 Å². The molecule has 2 aromatic heterocycles. The summed E-state index contributed by atoms with van der Waals surface area (Å²) in [6.45, 7) is 2.09. The molecule has 3 N–H and O–H groups in total. The van der Waals surface area contributed by atoms with Crippen molar-refractivity contribution in [2.24, 2.45) is 0 Å². The molecule has 0 bridgehead atoms. The zero-order valence-electron chi connectivity index (χ0n) is 10.4. The van der Waals surface area contributed by atoms with Crippen LogP contribution in [0.25, 0.3) is 0 Å². The SMILES string of the molecule is Cc1ccncc1CNS(=O)(=O)c1ccc(N)nc1. The summed E-state index contributed by atoms with van der Waals surface area (Å²) in [4.78, 5) is 7.82. The van der Waals surface area contributed by atoms with Crippen LogP contribution in [0.15, 0.2) is 41.7 Å². The van der Waals surface area contributed by atoms with E-state index in [1.165, 1.54) is 18.3 Å². The predicted octanol–water partition coefficient (Wildman–Crippen LogP) is 0.846. The second-order valence-electron chi connectivity index (χ2n) is 4.05. The molecule has 7 heteroatoms. The Morgan fingerprint density at radius 2 is 2.05 bits per heavy atom. The van der Waals surface area contributed by atoms with Gasteiger partial charge in [-0.25, -0.2) is 18.1 Å². The lowest BCUT2D eigenvalue weighted by atomic mass is 10.2. The van der Waals surface area contributed by atoms with Crippen LogP contribution in [0.2, 0.25) is 0 Å². The number of nitrogens with one attached hydrogen (secondary N) is 1. The number of nitrogen functional groups attached to an aromatic ring is 1. The Labute approximate surface area is 111 Å². The van der Waals surface area contributed by atoms with Crippen molar-refractivity contribution in [1.29, 1.82) is 0 Å². The lowest BCUT2D eigenvalue weighted by Gasteiger charge is -2.08. The van der Waals surface area contributed by atoms with E-state index in [2.05, 4.69) is 14.7 Å². The Morgan fingerprint density at radius 3 is 2.68 bits per heavy atom. The summed E-state index contributed by atoms with van der Waals surface area (Å²) in [5.41, 5.74) is 7.23. The Hall–Kier alpha value is -1.99. The second-order valence-corrected chi connectivity index (χ2v) is 5.81. The number of pyridine rings is 2. The van der Waals surface area contributed by atoms with Gasteiger partial charge in [0.2, 0.25) is 10.0 Å². The number of rotatable bonds is 4. The third-order valence-electron chi connectivity index (χ3n) is 2.67. The molecule has 2 heterocycles. The van der Waals surface area contributed by atoms with Gasteiger partial charge in [0.15, 0.2) is 0 Å². The molecule has 0 radical (unpaired) electrons.